The van der Waals surface area contributed by atoms with Gasteiger partial charge in [-0.2, -0.15) is 0 Å². The minimum Gasteiger partial charge on any atom is -0.296 e. The molecule has 0 aromatic carbocycles. The molecule has 0 saturated carbocycles. The molecular formula is C12H23BrF2N2S. The molecule has 0 aliphatic carbocycles. The second-order valence-electron chi connectivity index (χ2n) is 3.38. The highest BCUT2D eigenvalue weighted by Gasteiger charge is 2.12. The van der Waals surface area contributed by atoms with Gasteiger partial charge >= 0.3 is 0 Å². The molecule has 0 amide bonds. The first kappa shape index (κ1) is 20.3. The Balaban J connectivity index is 0. The van der Waals surface area contributed by atoms with E-state index in [1.807, 2.05) is 34.6 Å². The molecule has 0 spiro atoms. The minimum absolute atomic E-state index is 0.103. The summed E-state index contributed by atoms with van der Waals surface area (Å²) in [4.78, 5) is 5.53. The van der Waals surface area contributed by atoms with E-state index in [0.717, 1.165) is 3.79 Å². The van der Waals surface area contributed by atoms with Gasteiger partial charge in [0.2, 0.25) is 0 Å². The van der Waals surface area contributed by atoms with E-state index >= 15 is 0 Å². The molecule has 6 heteroatoms. The van der Waals surface area contributed by atoms with E-state index in [1.165, 1.54) is 0 Å². The maximum Gasteiger partial charge on any atom is 0.251 e. The van der Waals surface area contributed by atoms with Crippen molar-refractivity contribution >= 4 is 27.3 Å². The maximum atomic E-state index is 11.8. The maximum absolute atomic E-state index is 11.8. The van der Waals surface area contributed by atoms with Crippen LogP contribution in [-0.2, 0) is 0 Å². The highest BCUT2D eigenvalue weighted by atomic mass is 79.9. The van der Waals surface area contributed by atoms with Gasteiger partial charge in [0.15, 0.2) is 0 Å². The summed E-state index contributed by atoms with van der Waals surface area (Å²) in [5.41, 5.74) is 1.78. The Morgan fingerprint density at radius 2 is 1.94 bits per heavy atom. The van der Waals surface area contributed by atoms with Crippen molar-refractivity contribution in [3.63, 3.8) is 0 Å². The van der Waals surface area contributed by atoms with Crippen molar-refractivity contribution in [2.45, 2.75) is 47.1 Å². The molecule has 0 unspecified atom stereocenters. The zero-order chi connectivity index (χ0) is 14.6. The molecule has 0 bridgehead atoms. The molecule has 0 fully saturated rings. The Kier molecular flexibility index (Phi) is 15.0. The number of hydrogen-bond acceptors (Lipinski definition) is 3. The van der Waals surface area contributed by atoms with Gasteiger partial charge in [0.05, 0.1) is 22.0 Å². The van der Waals surface area contributed by atoms with E-state index in [2.05, 4.69) is 20.9 Å². The third-order valence-electron chi connectivity index (χ3n) is 1.91. The second-order valence-corrected chi connectivity index (χ2v) is 5.64. The Hall–Kier alpha value is -0.0700. The van der Waals surface area contributed by atoms with E-state index < -0.39 is 6.43 Å². The number of halogens is 3. The first-order valence-electron chi connectivity index (χ1n) is 6.03. The second kappa shape index (κ2) is 13.4. The summed E-state index contributed by atoms with van der Waals surface area (Å²) >= 11 is 4.82. The van der Waals surface area contributed by atoms with Gasteiger partial charge in [-0.1, -0.05) is 20.8 Å². The van der Waals surface area contributed by atoms with Crippen LogP contribution in [0.2, 0.25) is 0 Å². The van der Waals surface area contributed by atoms with Crippen molar-refractivity contribution < 1.29 is 8.78 Å². The van der Waals surface area contributed by atoms with Crippen molar-refractivity contribution in [3.8, 4) is 0 Å². The highest BCUT2D eigenvalue weighted by molar-refractivity contribution is 9.11. The summed E-state index contributed by atoms with van der Waals surface area (Å²) in [5.74, 6) is 0. The van der Waals surface area contributed by atoms with Crippen molar-refractivity contribution in [2.75, 3.05) is 13.1 Å². The molecular weight excluding hydrogens is 322 g/mol. The number of thiazole rings is 1. The van der Waals surface area contributed by atoms with E-state index in [1.54, 1.807) is 27.9 Å². The number of nitrogens with zero attached hydrogens (tertiary/aromatic N) is 2. The van der Waals surface area contributed by atoms with Gasteiger partial charge in [-0.3, -0.25) is 9.88 Å². The lowest BCUT2D eigenvalue weighted by molar-refractivity contribution is 0.0763. The monoisotopic (exact) mass is 344 g/mol. The van der Waals surface area contributed by atoms with Crippen molar-refractivity contribution in [3.05, 3.63) is 15.5 Å². The molecule has 2 nitrogen and oxygen atoms in total. The van der Waals surface area contributed by atoms with Crippen LogP contribution in [0.5, 0.6) is 0 Å². The predicted molar refractivity (Wildman–Crippen MR) is 79.5 cm³/mol. The van der Waals surface area contributed by atoms with Gasteiger partial charge in [-0.15, -0.1) is 11.3 Å². The fraction of sp³-hybridized carbons (Fsp3) is 0.750. The van der Waals surface area contributed by atoms with E-state index in [0.29, 0.717) is 6.54 Å². The Morgan fingerprint density at radius 3 is 2.06 bits per heavy atom. The van der Waals surface area contributed by atoms with Gasteiger partial charge in [0.25, 0.3) is 6.43 Å². The molecule has 0 atom stereocenters. The summed E-state index contributed by atoms with van der Waals surface area (Å²) in [5, 5.41) is 0. The van der Waals surface area contributed by atoms with Crippen LogP contribution in [0.25, 0.3) is 0 Å². The van der Waals surface area contributed by atoms with Crippen molar-refractivity contribution in [1.29, 1.82) is 0 Å². The molecule has 1 rings (SSSR count). The molecule has 1 aromatic heterocycles. The highest BCUT2D eigenvalue weighted by Crippen LogP contribution is 2.12. The fourth-order valence-corrected chi connectivity index (χ4v) is 1.80. The molecule has 108 valence electrons. The van der Waals surface area contributed by atoms with Crippen LogP contribution in [0.15, 0.2) is 15.5 Å². The zero-order valence-electron chi connectivity index (χ0n) is 11.7. The number of aromatic nitrogens is 1. The molecule has 0 saturated heterocycles. The average molecular weight is 345 g/mol. The van der Waals surface area contributed by atoms with Crippen LogP contribution < -0.4 is 0 Å². The molecule has 18 heavy (non-hydrogen) atoms. The van der Waals surface area contributed by atoms with Gasteiger partial charge in [-0.05, 0) is 36.3 Å². The average Bonchev–Trinajstić information content (AvgIpc) is 2.80. The summed E-state index contributed by atoms with van der Waals surface area (Å²) in [6, 6.07) is 0.221. The summed E-state index contributed by atoms with van der Waals surface area (Å²) < 4.78 is 24.7. The smallest absolute Gasteiger partial charge is 0.251 e. The first-order chi connectivity index (χ1) is 8.47. The standard InChI is InChI=1S/C7H15F2N.C3H2BrNS.C2H6/c1-4-10(6(2)3)5-7(8)9;4-3-1-5-2-6-3;1-2/h6-7H,4-5H2,1-3H3;1-2H;1-2H3. The predicted octanol–water partition coefficient (Wildman–Crippen LogP) is 4.91. The van der Waals surface area contributed by atoms with E-state index in [9.17, 15) is 8.78 Å². The topological polar surface area (TPSA) is 16.1 Å². The van der Waals surface area contributed by atoms with Crippen molar-refractivity contribution in [1.82, 2.24) is 9.88 Å². The zero-order valence-corrected chi connectivity index (χ0v) is 14.1. The van der Waals surface area contributed by atoms with E-state index in [4.69, 9.17) is 0 Å². The summed E-state index contributed by atoms with van der Waals surface area (Å²) in [6.45, 7) is 10.3. The first-order valence-corrected chi connectivity index (χ1v) is 7.70. The Labute approximate surface area is 122 Å². The lowest BCUT2D eigenvalue weighted by Gasteiger charge is -2.23. The van der Waals surface area contributed by atoms with E-state index in [-0.39, 0.29) is 12.6 Å². The van der Waals surface area contributed by atoms with Crippen LogP contribution in [0.4, 0.5) is 8.78 Å². The van der Waals surface area contributed by atoms with Gasteiger partial charge in [0.1, 0.15) is 0 Å². The Bertz CT molecular complexity index is 257. The van der Waals surface area contributed by atoms with Crippen LogP contribution in [0, 0.1) is 0 Å². The van der Waals surface area contributed by atoms with Crippen molar-refractivity contribution in [2.24, 2.45) is 0 Å². The third-order valence-corrected chi connectivity index (χ3v) is 3.23. The minimum atomic E-state index is -2.21. The Morgan fingerprint density at radius 1 is 1.39 bits per heavy atom. The lowest BCUT2D eigenvalue weighted by Crippen LogP contribution is -2.34. The molecule has 1 aromatic rings. The largest absolute Gasteiger partial charge is 0.296 e. The van der Waals surface area contributed by atoms with Crippen LogP contribution >= 0.6 is 27.3 Å². The summed E-state index contributed by atoms with van der Waals surface area (Å²) in [6.07, 6.45) is -0.438. The van der Waals surface area contributed by atoms with Gasteiger partial charge < -0.3 is 0 Å². The molecule has 0 radical (unpaired) electrons. The quantitative estimate of drug-likeness (QED) is 0.770. The molecule has 1 heterocycles. The van der Waals surface area contributed by atoms with Gasteiger partial charge in [-0.25, -0.2) is 8.78 Å². The number of rotatable bonds is 4. The SMILES string of the molecule is Brc1cncs1.CC.CCN(CC(F)F)C(C)C. The lowest BCUT2D eigenvalue weighted by atomic mass is 10.3. The van der Waals surface area contributed by atoms with Crippen LogP contribution in [-0.4, -0.2) is 35.4 Å². The number of hydrogen-bond donors (Lipinski definition) is 0. The third kappa shape index (κ3) is 12.4. The fourth-order valence-electron chi connectivity index (χ4n) is 1.08. The number of alkyl halides is 2. The normalized spacial score (nSPS) is 9.94. The van der Waals surface area contributed by atoms with Crippen LogP contribution in [0.3, 0.4) is 0 Å². The summed E-state index contributed by atoms with van der Waals surface area (Å²) in [7, 11) is 0. The molecule has 0 aliphatic rings. The van der Waals surface area contributed by atoms with Gasteiger partial charge in [0, 0.05) is 6.04 Å². The molecule has 0 N–H and O–H groups in total. The van der Waals surface area contributed by atoms with Crippen LogP contribution in [0.1, 0.15) is 34.6 Å². The molecule has 0 aliphatic heterocycles.